The van der Waals surface area contributed by atoms with Gasteiger partial charge in [-0.3, -0.25) is 29.0 Å². The average Bonchev–Trinajstić information content (AvgIpc) is 3.06. The molecule has 47 heavy (non-hydrogen) atoms. The number of carbonyl (C=O) groups excluding carboxylic acids is 5. The van der Waals surface area contributed by atoms with Gasteiger partial charge in [0.05, 0.1) is 31.1 Å². The summed E-state index contributed by atoms with van der Waals surface area (Å²) in [6, 6.07) is 2.65. The Morgan fingerprint density at radius 3 is 2.47 bits per heavy atom. The summed E-state index contributed by atoms with van der Waals surface area (Å²) in [5, 5.41) is 22.5. The molecular weight excluding hydrogens is 634 g/mol. The molecule has 2 heterocycles. The number of aromatic amines is 1. The minimum Gasteiger partial charge on any atom is -0.394 e. The van der Waals surface area contributed by atoms with Crippen LogP contribution in [0.3, 0.4) is 0 Å². The number of aliphatic hydroxyl groups is 1. The fraction of sp³-hybridized carbons (Fsp3) is 0.393. The van der Waals surface area contributed by atoms with E-state index in [0.29, 0.717) is 23.4 Å². The van der Waals surface area contributed by atoms with Gasteiger partial charge in [0.25, 0.3) is 11.5 Å². The van der Waals surface area contributed by atoms with Gasteiger partial charge in [0.15, 0.2) is 11.2 Å². The van der Waals surface area contributed by atoms with Crippen LogP contribution in [0.2, 0.25) is 0 Å². The monoisotopic (exact) mass is 671 g/mol. The molecule has 19 heteroatoms. The summed E-state index contributed by atoms with van der Waals surface area (Å²) in [4.78, 5) is 87.7. The number of aromatic nitrogens is 4. The highest BCUT2D eigenvalue weighted by Gasteiger charge is 2.24. The van der Waals surface area contributed by atoms with Gasteiger partial charge in [0.1, 0.15) is 18.4 Å². The predicted molar refractivity (Wildman–Crippen MR) is 174 cm³/mol. The van der Waals surface area contributed by atoms with Gasteiger partial charge in [-0.15, -0.1) is 0 Å². The molecule has 0 fully saturated rings. The van der Waals surface area contributed by atoms with Crippen LogP contribution in [-0.4, -0.2) is 98.0 Å². The zero-order valence-electron chi connectivity index (χ0n) is 25.4. The summed E-state index contributed by atoms with van der Waals surface area (Å²) in [6.07, 6.45) is 1.79. The quantitative estimate of drug-likeness (QED) is 0.0519. The van der Waals surface area contributed by atoms with Crippen LogP contribution in [0.15, 0.2) is 35.3 Å². The lowest BCUT2D eigenvalue weighted by Gasteiger charge is -2.21. The number of carbonyl (C=O) groups is 5. The number of hydrogen-bond acceptors (Lipinski definition) is 14. The molecule has 4 amide bonds. The fourth-order valence-corrected chi connectivity index (χ4v) is 4.06. The van der Waals surface area contributed by atoms with Crippen molar-refractivity contribution < 1.29 is 29.1 Å². The number of nitrogens with one attached hydrogen (secondary N) is 6. The molecule has 2 aromatic heterocycles. The number of aldehydes is 1. The highest BCUT2D eigenvalue weighted by Crippen LogP contribution is 2.12. The smallest absolute Gasteiger partial charge is 0.280 e. The van der Waals surface area contributed by atoms with Gasteiger partial charge < -0.3 is 48.0 Å². The van der Waals surface area contributed by atoms with Gasteiger partial charge in [-0.2, -0.15) is 17.6 Å². The Morgan fingerprint density at radius 2 is 1.81 bits per heavy atom. The van der Waals surface area contributed by atoms with Crippen molar-refractivity contribution in [1.82, 2.24) is 41.2 Å². The third-order valence-corrected chi connectivity index (χ3v) is 7.15. The molecule has 1 aromatic carbocycles. The molecule has 0 unspecified atom stereocenters. The van der Waals surface area contributed by atoms with Crippen molar-refractivity contribution >= 4 is 65.3 Å². The van der Waals surface area contributed by atoms with E-state index >= 15 is 0 Å². The molecule has 0 saturated carbocycles. The van der Waals surface area contributed by atoms with E-state index in [-0.39, 0.29) is 54.6 Å². The zero-order chi connectivity index (χ0) is 34.5. The normalized spacial score (nSPS) is 13.4. The molecule has 11 N–H and O–H groups in total. The van der Waals surface area contributed by atoms with Crippen molar-refractivity contribution in [3.05, 3.63) is 52.1 Å². The molecule has 0 radical (unpaired) electrons. The van der Waals surface area contributed by atoms with Gasteiger partial charge in [-0.25, -0.2) is 9.97 Å². The highest BCUT2D eigenvalue weighted by atomic mass is 32.1. The second-order valence-electron chi connectivity index (χ2n) is 10.4. The molecule has 18 nitrogen and oxygen atoms in total. The van der Waals surface area contributed by atoms with Gasteiger partial charge in [0, 0.05) is 36.0 Å². The second-order valence-corrected chi connectivity index (χ2v) is 10.8. The van der Waals surface area contributed by atoms with Crippen LogP contribution < -0.4 is 43.6 Å². The largest absolute Gasteiger partial charge is 0.394 e. The second kappa shape index (κ2) is 17.5. The van der Waals surface area contributed by atoms with Crippen LogP contribution in [0.4, 0.5) is 11.6 Å². The van der Waals surface area contributed by atoms with Crippen molar-refractivity contribution in [3.8, 4) is 0 Å². The lowest BCUT2D eigenvalue weighted by atomic mass is 10.1. The maximum atomic E-state index is 12.7. The first kappa shape index (κ1) is 36.3. The number of rotatable bonds is 17. The number of nitrogen functional groups attached to an aromatic ring is 1. The molecule has 0 aliphatic heterocycles. The minimum absolute atomic E-state index is 0.0179. The molecule has 252 valence electrons. The maximum Gasteiger partial charge on any atom is 0.280 e. The molecule has 3 rings (SSSR count). The summed E-state index contributed by atoms with van der Waals surface area (Å²) in [5.74, 6) is -2.13. The van der Waals surface area contributed by atoms with E-state index in [4.69, 9.17) is 11.5 Å². The Bertz CT molecular complexity index is 1640. The number of nitrogens with two attached hydrogens (primary N) is 2. The number of anilines is 2. The van der Waals surface area contributed by atoms with Crippen LogP contribution in [-0.2, 0) is 25.7 Å². The molecule has 0 bridgehead atoms. The van der Waals surface area contributed by atoms with Gasteiger partial charge in [0.2, 0.25) is 23.7 Å². The van der Waals surface area contributed by atoms with Crippen molar-refractivity contribution in [2.45, 2.75) is 50.5 Å². The number of H-pyrrole nitrogens is 1. The molecule has 0 spiro atoms. The van der Waals surface area contributed by atoms with E-state index in [0.717, 1.165) is 0 Å². The first-order chi connectivity index (χ1) is 22.4. The van der Waals surface area contributed by atoms with E-state index in [1.165, 1.54) is 18.3 Å². The standard InChI is InChI=1S/C28H37N11O7S/c1-14(13-47)34-26(45)20(12-41)37-25(44)19(29)10-32-21(42)7-6-17(11-40)36-24(43)15-2-4-16(5-3-15)31-8-18-9-33-23-22(35-18)27(46)39-28(30)38-23/h2-5,9,11,14,17,19-20,31,41,47H,6-8,10,12-13,29H2,1H3,(H,32,42)(H,34,45)(H,36,43)(H,37,44)(H3,30,33,38,39,46)/t14-,17+,19+,20+/m1/s1. The lowest BCUT2D eigenvalue weighted by Crippen LogP contribution is -2.56. The van der Waals surface area contributed by atoms with Crippen LogP contribution in [0.25, 0.3) is 11.2 Å². The van der Waals surface area contributed by atoms with Gasteiger partial charge in [-0.05, 0) is 37.6 Å². The van der Waals surface area contributed by atoms with Gasteiger partial charge >= 0.3 is 0 Å². The molecule has 4 atom stereocenters. The van der Waals surface area contributed by atoms with Crippen molar-refractivity contribution in [2.24, 2.45) is 5.73 Å². The van der Waals surface area contributed by atoms with E-state index in [9.17, 15) is 33.9 Å². The first-order valence-corrected chi connectivity index (χ1v) is 15.0. The van der Waals surface area contributed by atoms with Crippen LogP contribution >= 0.6 is 12.6 Å². The third-order valence-electron chi connectivity index (χ3n) is 6.60. The summed E-state index contributed by atoms with van der Waals surface area (Å²) in [7, 11) is 0. The molecule has 3 aromatic rings. The fourth-order valence-electron chi connectivity index (χ4n) is 3.97. The Labute approximate surface area is 273 Å². The summed E-state index contributed by atoms with van der Waals surface area (Å²) >= 11 is 4.06. The van der Waals surface area contributed by atoms with Crippen molar-refractivity contribution in [1.29, 1.82) is 0 Å². The first-order valence-electron chi connectivity index (χ1n) is 14.4. The number of fused-ring (bicyclic) bond motifs is 1. The van der Waals surface area contributed by atoms with E-state index in [1.54, 1.807) is 19.1 Å². The molecule has 0 aliphatic carbocycles. The highest BCUT2D eigenvalue weighted by molar-refractivity contribution is 7.80. The number of thiol groups is 1. The maximum absolute atomic E-state index is 12.7. The SMILES string of the molecule is C[C@H](CS)NC(=O)[C@H](CO)NC(=O)[C@@H](N)CNC(=O)CC[C@@H](C=O)NC(=O)c1ccc(NCc2cnc3nc(N)[nH]c(=O)c3n2)cc1. The summed E-state index contributed by atoms with van der Waals surface area (Å²) in [5.41, 5.74) is 12.4. The van der Waals surface area contributed by atoms with Crippen molar-refractivity contribution in [2.75, 3.05) is 30.0 Å². The van der Waals surface area contributed by atoms with Crippen LogP contribution in [0, 0.1) is 0 Å². The van der Waals surface area contributed by atoms with Crippen LogP contribution in [0.5, 0.6) is 0 Å². The topological polar surface area (TPSA) is 289 Å². The Balaban J connectivity index is 1.42. The number of nitrogens with zero attached hydrogens (tertiary/aromatic N) is 3. The average molecular weight is 672 g/mol. The zero-order valence-corrected chi connectivity index (χ0v) is 26.3. The third kappa shape index (κ3) is 11.0. The number of hydrogen-bond donors (Lipinski definition) is 10. The van der Waals surface area contributed by atoms with E-state index in [2.05, 4.69) is 59.1 Å². The van der Waals surface area contributed by atoms with Gasteiger partial charge in [-0.1, -0.05) is 0 Å². The summed E-state index contributed by atoms with van der Waals surface area (Å²) < 4.78 is 0. The number of amides is 4. The Kier molecular flexibility index (Phi) is 13.5. The van der Waals surface area contributed by atoms with E-state index < -0.39 is 53.9 Å². The predicted octanol–water partition coefficient (Wildman–Crippen LogP) is -2.66. The Hall–Kier alpha value is -5.14. The van der Waals surface area contributed by atoms with Crippen molar-refractivity contribution in [3.63, 3.8) is 0 Å². The number of aliphatic hydroxyl groups excluding tert-OH is 1. The minimum atomic E-state index is -1.23. The molecule has 0 aliphatic rings. The lowest BCUT2D eigenvalue weighted by molar-refractivity contribution is -0.131. The van der Waals surface area contributed by atoms with Crippen LogP contribution in [0.1, 0.15) is 35.8 Å². The number of benzene rings is 1. The molecular formula is C28H37N11O7S. The van der Waals surface area contributed by atoms with E-state index in [1.807, 2.05) is 0 Å². The molecule has 0 saturated heterocycles. The Morgan fingerprint density at radius 1 is 1.09 bits per heavy atom. The summed E-state index contributed by atoms with van der Waals surface area (Å²) in [6.45, 7) is 0.998.